The Morgan fingerprint density at radius 2 is 0.773 bits per heavy atom. The molecule has 0 bridgehead atoms. The molecular weight excluding hydrogens is 268 g/mol. The maximum Gasteiger partial charge on any atom is 0.0227 e. The fourth-order valence-corrected chi connectivity index (χ4v) is 2.64. The lowest BCUT2D eigenvalue weighted by molar-refractivity contribution is 0.402. The van der Waals surface area contributed by atoms with Crippen LogP contribution in [-0.4, -0.2) is 38.0 Å². The topological polar surface area (TPSA) is 6.48 Å². The summed E-state index contributed by atoms with van der Waals surface area (Å²) >= 11 is 0. The van der Waals surface area contributed by atoms with Crippen LogP contribution in [0.2, 0.25) is 0 Å². The molecule has 0 spiro atoms. The van der Waals surface area contributed by atoms with E-state index in [0.29, 0.717) is 0 Å². The maximum atomic E-state index is 2.26. The maximum absolute atomic E-state index is 2.26. The van der Waals surface area contributed by atoms with Gasteiger partial charge in [-0.1, -0.05) is 48.5 Å². The summed E-state index contributed by atoms with van der Waals surface area (Å²) < 4.78 is 0. The highest BCUT2D eigenvalue weighted by molar-refractivity contribution is 5.26. The monoisotopic (exact) mass is 296 g/mol. The van der Waals surface area contributed by atoms with E-state index in [1.165, 1.54) is 22.3 Å². The zero-order valence-electron chi connectivity index (χ0n) is 14.3. The van der Waals surface area contributed by atoms with E-state index in [0.717, 1.165) is 25.9 Å². The molecule has 0 fully saturated rings. The Balaban J connectivity index is 1.87. The number of hydrogen-bond acceptors (Lipinski definition) is 2. The van der Waals surface area contributed by atoms with E-state index in [1.807, 2.05) is 0 Å². The summed E-state index contributed by atoms with van der Waals surface area (Å²) in [7, 11) is 8.42. The molecule has 0 atom stereocenters. The second-order valence-corrected chi connectivity index (χ2v) is 6.61. The Bertz CT molecular complexity index is 500. The molecule has 0 heterocycles. The molecule has 2 nitrogen and oxygen atoms in total. The highest BCUT2D eigenvalue weighted by Gasteiger charge is 2.00. The van der Waals surface area contributed by atoms with Crippen molar-refractivity contribution in [3.05, 3.63) is 70.8 Å². The van der Waals surface area contributed by atoms with Crippen molar-refractivity contribution in [3.8, 4) is 0 Å². The first-order chi connectivity index (χ1) is 10.5. The van der Waals surface area contributed by atoms with Crippen LogP contribution in [0.25, 0.3) is 0 Å². The molecule has 0 saturated heterocycles. The number of nitrogens with zero attached hydrogens (tertiary/aromatic N) is 2. The van der Waals surface area contributed by atoms with E-state index in [1.54, 1.807) is 0 Å². The number of benzene rings is 2. The van der Waals surface area contributed by atoms with Crippen LogP contribution in [0.4, 0.5) is 0 Å². The first-order valence-electron chi connectivity index (χ1n) is 7.98. The van der Waals surface area contributed by atoms with Gasteiger partial charge in [-0.3, -0.25) is 0 Å². The third-order valence-electron chi connectivity index (χ3n) is 3.75. The molecule has 0 N–H and O–H groups in total. The molecule has 2 heteroatoms. The van der Waals surface area contributed by atoms with Crippen molar-refractivity contribution < 1.29 is 0 Å². The molecular formula is C20H28N2. The fourth-order valence-electron chi connectivity index (χ4n) is 2.64. The Hall–Kier alpha value is -1.64. The molecule has 2 rings (SSSR count). The molecule has 118 valence electrons. The summed E-state index contributed by atoms with van der Waals surface area (Å²) in [5.41, 5.74) is 5.59. The smallest absolute Gasteiger partial charge is 0.0227 e. The van der Waals surface area contributed by atoms with Crippen molar-refractivity contribution in [1.82, 2.24) is 9.80 Å². The first-order valence-corrected chi connectivity index (χ1v) is 7.98. The van der Waals surface area contributed by atoms with E-state index in [-0.39, 0.29) is 0 Å². The fraction of sp³-hybridized carbons (Fsp3) is 0.400. The summed E-state index contributed by atoms with van der Waals surface area (Å²) in [5.74, 6) is 0. The second-order valence-electron chi connectivity index (χ2n) is 6.61. The number of rotatable bonds is 7. The van der Waals surface area contributed by atoms with Crippen LogP contribution in [-0.2, 0) is 25.9 Å². The van der Waals surface area contributed by atoms with Gasteiger partial charge < -0.3 is 9.80 Å². The quantitative estimate of drug-likeness (QED) is 0.770. The largest absolute Gasteiger partial charge is 0.305 e. The van der Waals surface area contributed by atoms with Gasteiger partial charge in [-0.2, -0.15) is 0 Å². The zero-order chi connectivity index (χ0) is 15.9. The molecule has 0 aliphatic heterocycles. The van der Waals surface area contributed by atoms with E-state index in [4.69, 9.17) is 0 Å². The highest BCUT2D eigenvalue weighted by atomic mass is 15.0. The third-order valence-corrected chi connectivity index (χ3v) is 3.75. The molecule has 0 aliphatic carbocycles. The Labute approximate surface area is 135 Å². The minimum absolute atomic E-state index is 1.01. The zero-order valence-corrected chi connectivity index (χ0v) is 14.3. The van der Waals surface area contributed by atoms with Gasteiger partial charge in [-0.05, 0) is 63.3 Å². The molecule has 0 saturated carbocycles. The van der Waals surface area contributed by atoms with Gasteiger partial charge in [0.15, 0.2) is 0 Å². The van der Waals surface area contributed by atoms with E-state index >= 15 is 0 Å². The van der Waals surface area contributed by atoms with Gasteiger partial charge in [0.2, 0.25) is 0 Å². The van der Waals surface area contributed by atoms with Gasteiger partial charge in [0.05, 0.1) is 0 Å². The minimum atomic E-state index is 1.01. The summed E-state index contributed by atoms with van der Waals surface area (Å²) in [5, 5.41) is 0. The van der Waals surface area contributed by atoms with Gasteiger partial charge in [0, 0.05) is 13.1 Å². The van der Waals surface area contributed by atoms with E-state index in [2.05, 4.69) is 86.5 Å². The van der Waals surface area contributed by atoms with Crippen molar-refractivity contribution in [1.29, 1.82) is 0 Å². The summed E-state index contributed by atoms with van der Waals surface area (Å²) in [6, 6.07) is 18.0. The normalized spacial score (nSPS) is 11.4. The molecule has 2 aromatic rings. The SMILES string of the molecule is CN(C)Cc1ccc(CCc2ccc(CN(C)C)cc2)cc1. The van der Waals surface area contributed by atoms with Crippen LogP contribution in [0.1, 0.15) is 22.3 Å². The van der Waals surface area contributed by atoms with Crippen LogP contribution in [0.15, 0.2) is 48.5 Å². The summed E-state index contributed by atoms with van der Waals surface area (Å²) in [4.78, 5) is 4.40. The van der Waals surface area contributed by atoms with Crippen LogP contribution in [0, 0.1) is 0 Å². The van der Waals surface area contributed by atoms with Crippen LogP contribution in [0.5, 0.6) is 0 Å². The second kappa shape index (κ2) is 8.11. The Morgan fingerprint density at radius 3 is 1.05 bits per heavy atom. The number of hydrogen-bond donors (Lipinski definition) is 0. The van der Waals surface area contributed by atoms with E-state index < -0.39 is 0 Å². The molecule has 0 unspecified atom stereocenters. The van der Waals surface area contributed by atoms with E-state index in [9.17, 15) is 0 Å². The lowest BCUT2D eigenvalue weighted by Gasteiger charge is -2.11. The van der Waals surface area contributed by atoms with Gasteiger partial charge in [0.25, 0.3) is 0 Å². The van der Waals surface area contributed by atoms with Crippen LogP contribution in [0.3, 0.4) is 0 Å². The summed E-state index contributed by atoms with van der Waals surface area (Å²) in [6.45, 7) is 2.02. The molecule has 0 aromatic heterocycles. The molecule has 2 aromatic carbocycles. The standard InChI is InChI=1S/C20H28N2/c1-21(2)15-19-11-7-17(8-12-19)5-6-18-9-13-20(14-10-18)16-22(3)4/h7-14H,5-6,15-16H2,1-4H3. The molecule has 22 heavy (non-hydrogen) atoms. The predicted molar refractivity (Wildman–Crippen MR) is 95.1 cm³/mol. The van der Waals surface area contributed by atoms with Gasteiger partial charge >= 0.3 is 0 Å². The number of aryl methyl sites for hydroxylation is 2. The lowest BCUT2D eigenvalue weighted by Crippen LogP contribution is -2.10. The average Bonchev–Trinajstić information content (AvgIpc) is 2.47. The van der Waals surface area contributed by atoms with Crippen molar-refractivity contribution >= 4 is 0 Å². The van der Waals surface area contributed by atoms with Crippen molar-refractivity contribution in [3.63, 3.8) is 0 Å². The van der Waals surface area contributed by atoms with Crippen molar-refractivity contribution in [2.45, 2.75) is 25.9 Å². The van der Waals surface area contributed by atoms with Gasteiger partial charge in [-0.15, -0.1) is 0 Å². The predicted octanol–water partition coefficient (Wildman–Crippen LogP) is 3.60. The molecule has 0 aliphatic rings. The average molecular weight is 296 g/mol. The summed E-state index contributed by atoms with van der Waals surface area (Å²) in [6.07, 6.45) is 2.21. The van der Waals surface area contributed by atoms with Crippen molar-refractivity contribution in [2.75, 3.05) is 28.2 Å². The molecule has 0 radical (unpaired) electrons. The van der Waals surface area contributed by atoms with Gasteiger partial charge in [0.1, 0.15) is 0 Å². The third kappa shape index (κ3) is 5.63. The highest BCUT2D eigenvalue weighted by Crippen LogP contribution is 2.12. The first kappa shape index (κ1) is 16.7. The minimum Gasteiger partial charge on any atom is -0.305 e. The van der Waals surface area contributed by atoms with Gasteiger partial charge in [-0.25, -0.2) is 0 Å². The Kier molecular flexibility index (Phi) is 6.17. The molecule has 0 amide bonds. The van der Waals surface area contributed by atoms with Crippen molar-refractivity contribution in [2.24, 2.45) is 0 Å². The lowest BCUT2D eigenvalue weighted by atomic mass is 10.0. The Morgan fingerprint density at radius 1 is 0.500 bits per heavy atom. The van der Waals surface area contributed by atoms with Crippen LogP contribution < -0.4 is 0 Å². The van der Waals surface area contributed by atoms with Crippen LogP contribution >= 0.6 is 0 Å².